The maximum Gasteiger partial charge on any atom is 0.311 e. The van der Waals surface area contributed by atoms with Crippen LogP contribution in [0.15, 0.2) is 27.5 Å². The molecule has 18 heavy (non-hydrogen) atoms. The standard InChI is InChI=1S/C14H16O3S/c1-3-4-9-5-6-11-10(7-9)14(18-2)12(17-11)8-13(15)16/h5-7H,3-4,8H2,1-2H3,(H,15,16). The summed E-state index contributed by atoms with van der Waals surface area (Å²) in [7, 11) is 0. The minimum atomic E-state index is -0.863. The molecule has 0 saturated carbocycles. The Morgan fingerprint density at radius 1 is 1.44 bits per heavy atom. The number of carboxylic acids is 1. The predicted octanol–water partition coefficient (Wildman–Crippen LogP) is 3.73. The van der Waals surface area contributed by atoms with E-state index in [-0.39, 0.29) is 6.42 Å². The van der Waals surface area contributed by atoms with Crippen LogP contribution in [0.1, 0.15) is 24.7 Å². The molecule has 3 nitrogen and oxygen atoms in total. The van der Waals surface area contributed by atoms with Gasteiger partial charge in [-0.25, -0.2) is 0 Å². The van der Waals surface area contributed by atoms with Crippen LogP contribution in [0.2, 0.25) is 0 Å². The van der Waals surface area contributed by atoms with Crippen LogP contribution in [-0.4, -0.2) is 17.3 Å². The number of rotatable bonds is 5. The molecule has 0 atom stereocenters. The molecule has 1 aromatic heterocycles. The fourth-order valence-corrected chi connectivity index (χ4v) is 2.82. The van der Waals surface area contributed by atoms with Gasteiger partial charge in [0.1, 0.15) is 17.8 Å². The number of benzene rings is 1. The highest BCUT2D eigenvalue weighted by Gasteiger charge is 2.16. The Balaban J connectivity index is 2.51. The molecular weight excluding hydrogens is 248 g/mol. The van der Waals surface area contributed by atoms with Gasteiger partial charge in [-0.1, -0.05) is 19.4 Å². The van der Waals surface area contributed by atoms with Crippen LogP contribution in [0, 0.1) is 0 Å². The number of aryl methyl sites for hydroxylation is 1. The van der Waals surface area contributed by atoms with Crippen LogP contribution in [-0.2, 0) is 17.6 Å². The van der Waals surface area contributed by atoms with Crippen molar-refractivity contribution in [1.29, 1.82) is 0 Å². The summed E-state index contributed by atoms with van der Waals surface area (Å²) in [5.74, 6) is -0.309. The minimum absolute atomic E-state index is 0.0615. The molecule has 0 aliphatic rings. The lowest BCUT2D eigenvalue weighted by atomic mass is 10.1. The lowest BCUT2D eigenvalue weighted by molar-refractivity contribution is -0.136. The number of carbonyl (C=O) groups is 1. The van der Waals surface area contributed by atoms with Gasteiger partial charge < -0.3 is 9.52 Å². The van der Waals surface area contributed by atoms with Gasteiger partial charge in [0.15, 0.2) is 0 Å². The van der Waals surface area contributed by atoms with Crippen molar-refractivity contribution >= 4 is 28.7 Å². The Labute approximate surface area is 110 Å². The van der Waals surface area contributed by atoms with E-state index < -0.39 is 5.97 Å². The van der Waals surface area contributed by atoms with Crippen molar-refractivity contribution in [2.75, 3.05) is 6.26 Å². The van der Waals surface area contributed by atoms with E-state index in [4.69, 9.17) is 9.52 Å². The molecule has 1 N–H and O–H groups in total. The topological polar surface area (TPSA) is 50.4 Å². The zero-order valence-corrected chi connectivity index (χ0v) is 11.3. The second kappa shape index (κ2) is 5.48. The third kappa shape index (κ3) is 2.53. The van der Waals surface area contributed by atoms with Crippen LogP contribution >= 0.6 is 11.8 Å². The Bertz CT molecular complexity index is 572. The number of carboxylic acid groups (broad SMARTS) is 1. The third-order valence-electron chi connectivity index (χ3n) is 2.83. The van der Waals surface area contributed by atoms with Gasteiger partial charge in [0.05, 0.1) is 4.90 Å². The second-order valence-electron chi connectivity index (χ2n) is 4.21. The van der Waals surface area contributed by atoms with Gasteiger partial charge in [-0.2, -0.15) is 0 Å². The summed E-state index contributed by atoms with van der Waals surface area (Å²) in [6, 6.07) is 6.09. The van der Waals surface area contributed by atoms with Crippen LogP contribution in [0.5, 0.6) is 0 Å². The summed E-state index contributed by atoms with van der Waals surface area (Å²) in [5, 5.41) is 9.91. The Morgan fingerprint density at radius 3 is 2.83 bits per heavy atom. The van der Waals surface area contributed by atoms with E-state index in [1.807, 2.05) is 18.4 Å². The summed E-state index contributed by atoms with van der Waals surface area (Å²) in [6.45, 7) is 2.14. The van der Waals surface area contributed by atoms with Crippen molar-refractivity contribution in [3.05, 3.63) is 29.5 Å². The Hall–Kier alpha value is -1.42. The third-order valence-corrected chi connectivity index (χ3v) is 3.69. The van der Waals surface area contributed by atoms with Crippen LogP contribution < -0.4 is 0 Å². The highest BCUT2D eigenvalue weighted by molar-refractivity contribution is 7.98. The molecule has 0 aliphatic carbocycles. The predicted molar refractivity (Wildman–Crippen MR) is 73.3 cm³/mol. The summed E-state index contributed by atoms with van der Waals surface area (Å²) in [6.07, 6.45) is 4.01. The number of thioether (sulfide) groups is 1. The van der Waals surface area contributed by atoms with E-state index in [0.29, 0.717) is 5.76 Å². The van der Waals surface area contributed by atoms with E-state index in [9.17, 15) is 4.79 Å². The lowest BCUT2D eigenvalue weighted by Crippen LogP contribution is -1.99. The molecule has 0 unspecified atom stereocenters. The van der Waals surface area contributed by atoms with Crippen LogP contribution in [0.3, 0.4) is 0 Å². The molecule has 1 heterocycles. The average molecular weight is 264 g/mol. The molecule has 0 spiro atoms. The molecular formula is C14H16O3S. The first kappa shape index (κ1) is 13.0. The summed E-state index contributed by atoms with van der Waals surface area (Å²) in [4.78, 5) is 11.8. The van der Waals surface area contributed by atoms with E-state index in [1.165, 1.54) is 5.56 Å². The molecule has 2 rings (SSSR count). The molecule has 4 heteroatoms. The average Bonchev–Trinajstić information content (AvgIpc) is 2.65. The van der Waals surface area contributed by atoms with E-state index in [2.05, 4.69) is 13.0 Å². The van der Waals surface area contributed by atoms with E-state index in [1.54, 1.807) is 11.8 Å². The first-order valence-corrected chi connectivity index (χ1v) is 7.18. The van der Waals surface area contributed by atoms with E-state index >= 15 is 0 Å². The van der Waals surface area contributed by atoms with Crippen LogP contribution in [0.25, 0.3) is 11.0 Å². The number of hydrogen-bond acceptors (Lipinski definition) is 3. The normalized spacial score (nSPS) is 11.0. The lowest BCUT2D eigenvalue weighted by Gasteiger charge is -1.99. The van der Waals surface area contributed by atoms with Gasteiger partial charge >= 0.3 is 5.97 Å². The van der Waals surface area contributed by atoms with Gasteiger partial charge in [0, 0.05) is 5.39 Å². The Kier molecular flexibility index (Phi) is 3.97. The quantitative estimate of drug-likeness (QED) is 0.836. The maximum atomic E-state index is 10.8. The molecule has 0 radical (unpaired) electrons. The van der Waals surface area contributed by atoms with Gasteiger partial charge in [-0.05, 0) is 30.4 Å². The SMILES string of the molecule is CCCc1ccc2oc(CC(=O)O)c(SC)c2c1. The molecule has 0 saturated heterocycles. The summed E-state index contributed by atoms with van der Waals surface area (Å²) < 4.78 is 5.63. The van der Waals surface area contributed by atoms with Crippen molar-refractivity contribution in [2.24, 2.45) is 0 Å². The highest BCUT2D eigenvalue weighted by Crippen LogP contribution is 2.34. The molecule has 96 valence electrons. The number of furan rings is 1. The first-order valence-electron chi connectivity index (χ1n) is 5.95. The fourth-order valence-electron chi connectivity index (χ4n) is 2.09. The zero-order chi connectivity index (χ0) is 13.1. The van der Waals surface area contributed by atoms with Gasteiger partial charge in [0.25, 0.3) is 0 Å². The van der Waals surface area contributed by atoms with E-state index in [0.717, 1.165) is 28.7 Å². The minimum Gasteiger partial charge on any atom is -0.481 e. The fraction of sp³-hybridized carbons (Fsp3) is 0.357. The highest BCUT2D eigenvalue weighted by atomic mass is 32.2. The van der Waals surface area contributed by atoms with Gasteiger partial charge in [-0.3, -0.25) is 4.79 Å². The van der Waals surface area contributed by atoms with Crippen molar-refractivity contribution in [3.8, 4) is 0 Å². The van der Waals surface area contributed by atoms with Crippen molar-refractivity contribution in [3.63, 3.8) is 0 Å². The summed E-state index contributed by atoms with van der Waals surface area (Å²) in [5.41, 5.74) is 2.04. The maximum absolute atomic E-state index is 10.8. The molecule has 2 aromatic rings. The van der Waals surface area contributed by atoms with Crippen molar-refractivity contribution < 1.29 is 14.3 Å². The monoisotopic (exact) mass is 264 g/mol. The number of hydrogen-bond donors (Lipinski definition) is 1. The van der Waals surface area contributed by atoms with Crippen LogP contribution in [0.4, 0.5) is 0 Å². The molecule has 0 bridgehead atoms. The van der Waals surface area contributed by atoms with Gasteiger partial charge in [-0.15, -0.1) is 11.8 Å². The first-order chi connectivity index (χ1) is 8.65. The molecule has 0 fully saturated rings. The number of fused-ring (bicyclic) bond motifs is 1. The summed E-state index contributed by atoms with van der Waals surface area (Å²) >= 11 is 1.54. The Morgan fingerprint density at radius 2 is 2.22 bits per heavy atom. The zero-order valence-electron chi connectivity index (χ0n) is 10.5. The molecule has 0 aliphatic heterocycles. The van der Waals surface area contributed by atoms with Crippen molar-refractivity contribution in [2.45, 2.75) is 31.1 Å². The largest absolute Gasteiger partial charge is 0.481 e. The number of aliphatic carboxylic acids is 1. The second-order valence-corrected chi connectivity index (χ2v) is 5.03. The smallest absolute Gasteiger partial charge is 0.311 e. The molecule has 1 aromatic carbocycles. The van der Waals surface area contributed by atoms with Gasteiger partial charge in [0.2, 0.25) is 0 Å². The van der Waals surface area contributed by atoms with Crippen molar-refractivity contribution in [1.82, 2.24) is 0 Å². The molecule has 0 amide bonds.